The summed E-state index contributed by atoms with van der Waals surface area (Å²) in [5, 5.41) is 4.71. The second-order valence-electron chi connectivity index (χ2n) is 12.5. The van der Waals surface area contributed by atoms with Crippen LogP contribution in [-0.2, 0) is 30.4 Å². The van der Waals surface area contributed by atoms with E-state index in [0.717, 1.165) is 20.8 Å². The topological polar surface area (TPSA) is 118 Å². The van der Waals surface area contributed by atoms with Gasteiger partial charge in [-0.05, 0) is 75.7 Å². The SMILES string of the molecule is COCCC(=O)N1c2ccccc2N(Cc2c(OC)ccc3cc(Br)ccc23)C(=O)[C@@H](NC(=O)[C@H](C)N(C)C(=O)OC(C)(C)C)[C@@H]1C. The van der Waals surface area contributed by atoms with Gasteiger partial charge in [0.15, 0.2) is 0 Å². The number of methoxy groups -OCH3 is 2. The average molecular weight is 712 g/mol. The molecule has 3 aromatic carbocycles. The predicted molar refractivity (Wildman–Crippen MR) is 185 cm³/mol. The van der Waals surface area contributed by atoms with Crippen LogP contribution in [0.4, 0.5) is 16.2 Å². The van der Waals surface area contributed by atoms with Crippen LogP contribution < -0.4 is 19.9 Å². The Morgan fingerprint density at radius 2 is 1.72 bits per heavy atom. The van der Waals surface area contributed by atoms with E-state index in [0.29, 0.717) is 17.1 Å². The number of benzene rings is 3. The summed E-state index contributed by atoms with van der Waals surface area (Å²) in [7, 11) is 4.55. The summed E-state index contributed by atoms with van der Waals surface area (Å²) in [6, 6.07) is 13.9. The molecule has 12 heteroatoms. The zero-order valence-corrected chi connectivity index (χ0v) is 29.7. The Morgan fingerprint density at radius 1 is 1.04 bits per heavy atom. The second kappa shape index (κ2) is 14.7. The number of carbonyl (C=O) groups excluding carboxylic acids is 4. The first-order chi connectivity index (χ1) is 22.2. The molecule has 4 rings (SSSR count). The van der Waals surface area contributed by atoms with Crippen LogP contribution in [0.25, 0.3) is 10.8 Å². The van der Waals surface area contributed by atoms with E-state index in [9.17, 15) is 19.2 Å². The summed E-state index contributed by atoms with van der Waals surface area (Å²) in [4.78, 5) is 59.3. The number of rotatable bonds is 9. The van der Waals surface area contributed by atoms with Gasteiger partial charge in [-0.2, -0.15) is 0 Å². The minimum absolute atomic E-state index is 0.0633. The molecule has 0 radical (unpaired) electrons. The number of amides is 4. The molecule has 0 aliphatic carbocycles. The molecule has 0 saturated carbocycles. The predicted octanol–water partition coefficient (Wildman–Crippen LogP) is 5.66. The summed E-state index contributed by atoms with van der Waals surface area (Å²) in [6.45, 7) is 8.76. The molecule has 0 spiro atoms. The fourth-order valence-corrected chi connectivity index (χ4v) is 5.95. The van der Waals surface area contributed by atoms with Crippen LogP contribution in [0.1, 0.15) is 46.6 Å². The molecule has 4 amide bonds. The standard InChI is InChI=1S/C35H43BrN4O7/c1-21-31(37-32(42)22(2)38(6)34(44)47-35(3,4)5)33(43)39(27-11-9-10-12-28(27)40(21)30(41)17-18-45-7)20-26-25-15-14-24(36)19-23(25)13-16-29(26)46-8/h9-16,19,21-22,31H,17-18,20H2,1-8H3,(H,37,42)/t21-,22-,31-/m0/s1. The Labute approximate surface area is 284 Å². The first kappa shape index (κ1) is 35.7. The quantitative estimate of drug-likeness (QED) is 0.305. The summed E-state index contributed by atoms with van der Waals surface area (Å²) in [6.07, 6.45) is -0.617. The number of carbonyl (C=O) groups is 4. The van der Waals surface area contributed by atoms with Crippen LogP contribution in [0.5, 0.6) is 5.75 Å². The molecule has 0 fully saturated rings. The normalized spacial score (nSPS) is 17.1. The van der Waals surface area contributed by atoms with Gasteiger partial charge < -0.3 is 29.3 Å². The minimum Gasteiger partial charge on any atom is -0.496 e. The third-order valence-corrected chi connectivity index (χ3v) is 8.66. The first-order valence-corrected chi connectivity index (χ1v) is 16.2. The largest absolute Gasteiger partial charge is 0.496 e. The minimum atomic E-state index is -1.18. The summed E-state index contributed by atoms with van der Waals surface area (Å²) in [5.41, 5.74) is 1.02. The van der Waals surface area contributed by atoms with Crippen molar-refractivity contribution in [2.75, 3.05) is 37.7 Å². The molecule has 3 aromatic rings. The van der Waals surface area contributed by atoms with E-state index in [1.165, 1.54) is 19.1 Å². The van der Waals surface area contributed by atoms with Crippen molar-refractivity contribution >= 4 is 61.9 Å². The van der Waals surface area contributed by atoms with E-state index in [1.807, 2.05) is 30.3 Å². The molecule has 252 valence electrons. The number of ether oxygens (including phenoxy) is 3. The zero-order chi connectivity index (χ0) is 34.6. The summed E-state index contributed by atoms with van der Waals surface area (Å²) >= 11 is 3.54. The van der Waals surface area contributed by atoms with E-state index >= 15 is 0 Å². The molecule has 0 bridgehead atoms. The van der Waals surface area contributed by atoms with E-state index in [2.05, 4.69) is 21.2 Å². The molecule has 0 unspecified atom stereocenters. The van der Waals surface area contributed by atoms with Gasteiger partial charge in [-0.25, -0.2) is 4.79 Å². The number of fused-ring (bicyclic) bond motifs is 2. The molecule has 3 atom stereocenters. The number of para-hydroxylation sites is 2. The highest BCUT2D eigenvalue weighted by Crippen LogP contribution is 2.39. The summed E-state index contributed by atoms with van der Waals surface area (Å²) in [5.74, 6) is -0.689. The van der Waals surface area contributed by atoms with Gasteiger partial charge in [0.25, 0.3) is 5.91 Å². The lowest BCUT2D eigenvalue weighted by Gasteiger charge is -2.34. The number of hydrogen-bond donors (Lipinski definition) is 1. The van der Waals surface area contributed by atoms with Gasteiger partial charge in [0, 0.05) is 24.2 Å². The van der Waals surface area contributed by atoms with Gasteiger partial charge in [-0.3, -0.25) is 19.3 Å². The molecular weight excluding hydrogens is 668 g/mol. The molecule has 47 heavy (non-hydrogen) atoms. The monoisotopic (exact) mass is 710 g/mol. The van der Waals surface area contributed by atoms with E-state index < -0.39 is 41.6 Å². The average Bonchev–Trinajstić information content (AvgIpc) is 3.10. The van der Waals surface area contributed by atoms with Crippen LogP contribution >= 0.6 is 15.9 Å². The van der Waals surface area contributed by atoms with E-state index in [-0.39, 0.29) is 25.5 Å². The Kier molecular flexibility index (Phi) is 11.2. The van der Waals surface area contributed by atoms with Crippen molar-refractivity contribution in [3.63, 3.8) is 0 Å². The molecule has 1 aliphatic rings. The molecule has 1 N–H and O–H groups in total. The van der Waals surface area contributed by atoms with Crippen molar-refractivity contribution < 1.29 is 33.4 Å². The Hall–Kier alpha value is -4.16. The van der Waals surface area contributed by atoms with Crippen LogP contribution in [0, 0.1) is 0 Å². The maximum Gasteiger partial charge on any atom is 0.410 e. The fourth-order valence-electron chi connectivity index (χ4n) is 5.57. The van der Waals surface area contributed by atoms with Crippen LogP contribution in [-0.4, -0.2) is 80.3 Å². The van der Waals surface area contributed by atoms with Crippen molar-refractivity contribution in [1.29, 1.82) is 0 Å². The molecule has 0 saturated heterocycles. The van der Waals surface area contributed by atoms with Crippen LogP contribution in [0.3, 0.4) is 0 Å². The van der Waals surface area contributed by atoms with Crippen molar-refractivity contribution in [1.82, 2.24) is 10.2 Å². The maximum absolute atomic E-state index is 14.7. The van der Waals surface area contributed by atoms with Gasteiger partial charge in [-0.15, -0.1) is 0 Å². The van der Waals surface area contributed by atoms with Crippen molar-refractivity contribution in [3.05, 3.63) is 64.6 Å². The third-order valence-electron chi connectivity index (χ3n) is 8.17. The molecule has 1 aliphatic heterocycles. The number of hydrogen-bond acceptors (Lipinski definition) is 7. The highest BCUT2D eigenvalue weighted by Gasteiger charge is 2.43. The van der Waals surface area contributed by atoms with Crippen molar-refractivity contribution in [2.45, 2.75) is 71.3 Å². The number of anilines is 2. The Morgan fingerprint density at radius 3 is 2.36 bits per heavy atom. The maximum atomic E-state index is 14.7. The van der Waals surface area contributed by atoms with E-state index in [4.69, 9.17) is 14.2 Å². The van der Waals surface area contributed by atoms with Gasteiger partial charge in [0.2, 0.25) is 11.8 Å². The molecular formula is C35H43BrN4O7. The number of likely N-dealkylation sites (N-methyl/N-ethyl adjacent to an activating group) is 1. The van der Waals surface area contributed by atoms with Crippen LogP contribution in [0.15, 0.2) is 59.1 Å². The first-order valence-electron chi connectivity index (χ1n) is 15.4. The zero-order valence-electron chi connectivity index (χ0n) is 28.1. The highest BCUT2D eigenvalue weighted by atomic mass is 79.9. The highest BCUT2D eigenvalue weighted by molar-refractivity contribution is 9.10. The van der Waals surface area contributed by atoms with Crippen molar-refractivity contribution in [2.24, 2.45) is 0 Å². The lowest BCUT2D eigenvalue weighted by Crippen LogP contribution is -2.60. The van der Waals surface area contributed by atoms with Crippen molar-refractivity contribution in [3.8, 4) is 5.75 Å². The smallest absolute Gasteiger partial charge is 0.410 e. The molecule has 0 aromatic heterocycles. The number of halogens is 1. The third kappa shape index (κ3) is 7.87. The summed E-state index contributed by atoms with van der Waals surface area (Å²) < 4.78 is 17.3. The van der Waals surface area contributed by atoms with Crippen LogP contribution in [0.2, 0.25) is 0 Å². The Balaban J connectivity index is 1.81. The van der Waals surface area contributed by atoms with Gasteiger partial charge in [0.1, 0.15) is 23.4 Å². The number of nitrogens with zero attached hydrogens (tertiary/aromatic N) is 3. The van der Waals surface area contributed by atoms with Gasteiger partial charge >= 0.3 is 6.09 Å². The van der Waals surface area contributed by atoms with Gasteiger partial charge in [-0.1, -0.05) is 40.2 Å². The van der Waals surface area contributed by atoms with E-state index in [1.54, 1.807) is 75.8 Å². The number of nitrogens with one attached hydrogen (secondary N) is 1. The fraction of sp³-hybridized carbons (Fsp3) is 0.429. The second-order valence-corrected chi connectivity index (χ2v) is 13.4. The van der Waals surface area contributed by atoms with Gasteiger partial charge in [0.05, 0.1) is 44.1 Å². The molecule has 1 heterocycles. The molecule has 11 nitrogen and oxygen atoms in total. The lowest BCUT2D eigenvalue weighted by molar-refractivity contribution is -0.131. The Bertz CT molecular complexity index is 1660. The lowest BCUT2D eigenvalue weighted by atomic mass is 10.0.